The first-order chi connectivity index (χ1) is 11.8. The maximum atomic E-state index is 12.4. The van der Waals surface area contributed by atoms with Gasteiger partial charge in [-0.15, -0.1) is 14.8 Å². The number of rotatable bonds is 3. The van der Waals surface area contributed by atoms with Crippen LogP contribution in [0.5, 0.6) is 5.75 Å². The van der Waals surface area contributed by atoms with Crippen molar-refractivity contribution in [1.29, 1.82) is 0 Å². The third-order valence-electron chi connectivity index (χ3n) is 3.61. The van der Waals surface area contributed by atoms with Crippen LogP contribution in [-0.2, 0) is 0 Å². The molecular weight excluding hydrogens is 308 g/mol. The fourth-order valence-corrected chi connectivity index (χ4v) is 2.41. The number of nitrogens with zero attached hydrogens (tertiary/aromatic N) is 4. The fourth-order valence-electron chi connectivity index (χ4n) is 2.41. The van der Waals surface area contributed by atoms with Gasteiger partial charge >= 0.3 is 5.63 Å². The summed E-state index contributed by atoms with van der Waals surface area (Å²) >= 11 is 0. The van der Waals surface area contributed by atoms with Gasteiger partial charge in [0, 0.05) is 11.1 Å². The van der Waals surface area contributed by atoms with Crippen LogP contribution in [0.15, 0.2) is 63.8 Å². The number of fused-ring (bicyclic) bond motifs is 1. The second kappa shape index (κ2) is 5.62. The summed E-state index contributed by atoms with van der Waals surface area (Å²) < 4.78 is 11.7. The molecule has 0 amide bonds. The zero-order valence-electron chi connectivity index (χ0n) is 12.7. The minimum absolute atomic E-state index is 0.194. The molecule has 0 saturated carbocycles. The van der Waals surface area contributed by atoms with E-state index in [-0.39, 0.29) is 11.4 Å². The molecule has 0 saturated heterocycles. The molecule has 0 aliphatic rings. The van der Waals surface area contributed by atoms with E-state index in [1.807, 2.05) is 18.2 Å². The average Bonchev–Trinajstić information content (AvgIpc) is 3.07. The first-order valence-electron chi connectivity index (χ1n) is 7.23. The van der Waals surface area contributed by atoms with Crippen LogP contribution >= 0.6 is 0 Å². The Bertz CT molecular complexity index is 1050. The summed E-state index contributed by atoms with van der Waals surface area (Å²) in [6, 6.07) is 16.3. The van der Waals surface area contributed by atoms with Crippen LogP contribution in [0.3, 0.4) is 0 Å². The zero-order chi connectivity index (χ0) is 16.5. The van der Waals surface area contributed by atoms with Gasteiger partial charge in [-0.1, -0.05) is 18.2 Å². The predicted molar refractivity (Wildman–Crippen MR) is 86.7 cm³/mol. The lowest BCUT2D eigenvalue weighted by Crippen LogP contribution is -2.09. The summed E-state index contributed by atoms with van der Waals surface area (Å²) in [4.78, 5) is 12.4. The molecule has 2 aromatic heterocycles. The van der Waals surface area contributed by atoms with Crippen molar-refractivity contribution in [3.05, 3.63) is 65.0 Å². The Morgan fingerprint density at radius 2 is 1.75 bits per heavy atom. The summed E-state index contributed by atoms with van der Waals surface area (Å²) in [6.45, 7) is 0. The molecule has 7 heteroatoms. The number of hydrogen-bond donors (Lipinski definition) is 0. The number of hydrogen-bond acceptors (Lipinski definition) is 6. The summed E-state index contributed by atoms with van der Waals surface area (Å²) in [5.74, 6) is 0.908. The van der Waals surface area contributed by atoms with Gasteiger partial charge in [0.2, 0.25) is 11.4 Å². The molecule has 0 spiro atoms. The first-order valence-corrected chi connectivity index (χ1v) is 7.23. The highest BCUT2D eigenvalue weighted by Gasteiger charge is 2.17. The third kappa shape index (κ3) is 2.32. The van der Waals surface area contributed by atoms with Crippen molar-refractivity contribution in [1.82, 2.24) is 20.0 Å². The number of aromatic nitrogens is 4. The molecule has 0 N–H and O–H groups in total. The van der Waals surface area contributed by atoms with Crippen LogP contribution in [0.25, 0.3) is 28.2 Å². The molecule has 4 rings (SSSR count). The van der Waals surface area contributed by atoms with Crippen LogP contribution in [0.2, 0.25) is 0 Å². The summed E-state index contributed by atoms with van der Waals surface area (Å²) in [5.41, 5.74) is 1.49. The van der Waals surface area contributed by atoms with Gasteiger partial charge in [0.1, 0.15) is 11.4 Å². The number of benzene rings is 2. The normalized spacial score (nSPS) is 10.9. The van der Waals surface area contributed by atoms with Crippen molar-refractivity contribution < 1.29 is 9.15 Å². The van der Waals surface area contributed by atoms with E-state index in [1.54, 1.807) is 43.5 Å². The molecule has 0 unspecified atom stereocenters. The maximum Gasteiger partial charge on any atom is 0.368 e. The summed E-state index contributed by atoms with van der Waals surface area (Å²) in [5, 5.41) is 12.3. The molecule has 118 valence electrons. The largest absolute Gasteiger partial charge is 0.497 e. The van der Waals surface area contributed by atoms with Gasteiger partial charge in [0.05, 0.1) is 7.11 Å². The fraction of sp³-hybridized carbons (Fsp3) is 0.0588. The van der Waals surface area contributed by atoms with Crippen LogP contribution in [-0.4, -0.2) is 27.2 Å². The van der Waals surface area contributed by atoms with Crippen molar-refractivity contribution in [3.8, 4) is 28.5 Å². The van der Waals surface area contributed by atoms with E-state index in [4.69, 9.17) is 9.15 Å². The molecule has 0 bridgehead atoms. The monoisotopic (exact) mass is 320 g/mol. The quantitative estimate of drug-likeness (QED) is 0.576. The number of methoxy groups -OCH3 is 1. The molecule has 7 nitrogen and oxygen atoms in total. The molecule has 0 aliphatic carbocycles. The van der Waals surface area contributed by atoms with Crippen molar-refractivity contribution in [2.75, 3.05) is 7.11 Å². The Hall–Kier alpha value is -3.48. The van der Waals surface area contributed by atoms with Crippen molar-refractivity contribution in [2.24, 2.45) is 0 Å². The minimum atomic E-state index is -0.542. The van der Waals surface area contributed by atoms with Crippen LogP contribution < -0.4 is 10.4 Å². The smallest absolute Gasteiger partial charge is 0.368 e. The van der Waals surface area contributed by atoms with Crippen LogP contribution in [0.4, 0.5) is 0 Å². The van der Waals surface area contributed by atoms with Gasteiger partial charge in [-0.05, 0) is 41.6 Å². The molecule has 0 aliphatic heterocycles. The molecule has 4 aromatic rings. The van der Waals surface area contributed by atoms with Crippen LogP contribution in [0, 0.1) is 0 Å². The van der Waals surface area contributed by atoms with Gasteiger partial charge in [0.25, 0.3) is 0 Å². The highest BCUT2D eigenvalue weighted by molar-refractivity contribution is 5.75. The van der Waals surface area contributed by atoms with Crippen molar-refractivity contribution >= 4 is 5.52 Å². The van der Waals surface area contributed by atoms with E-state index in [9.17, 15) is 4.79 Å². The second-order valence-electron chi connectivity index (χ2n) is 5.07. The Morgan fingerprint density at radius 1 is 1.00 bits per heavy atom. The van der Waals surface area contributed by atoms with Gasteiger partial charge in [-0.3, -0.25) is 0 Å². The highest BCUT2D eigenvalue weighted by Crippen LogP contribution is 2.23. The summed E-state index contributed by atoms with van der Waals surface area (Å²) in [6.07, 6.45) is 0. The Kier molecular flexibility index (Phi) is 3.31. The molecule has 0 atom stereocenters. The first kappa shape index (κ1) is 14.1. The lowest BCUT2D eigenvalue weighted by Gasteiger charge is -2.01. The molecule has 0 fully saturated rings. The van der Waals surface area contributed by atoms with E-state index in [1.165, 1.54) is 4.63 Å². The maximum absolute atomic E-state index is 12.4. The molecule has 2 aromatic carbocycles. The molecular formula is C17H12N4O3. The molecule has 0 radical (unpaired) electrons. The lowest BCUT2D eigenvalue weighted by atomic mass is 10.1. The Morgan fingerprint density at radius 3 is 2.46 bits per heavy atom. The highest BCUT2D eigenvalue weighted by atomic mass is 16.5. The predicted octanol–water partition coefficient (Wildman–Crippen LogP) is 2.42. The lowest BCUT2D eigenvalue weighted by molar-refractivity contribution is 0.415. The van der Waals surface area contributed by atoms with Gasteiger partial charge in [-0.25, -0.2) is 4.79 Å². The van der Waals surface area contributed by atoms with E-state index < -0.39 is 5.63 Å². The zero-order valence-corrected chi connectivity index (χ0v) is 12.7. The van der Waals surface area contributed by atoms with Crippen LogP contribution in [0.1, 0.15) is 0 Å². The minimum Gasteiger partial charge on any atom is -0.497 e. The topological polar surface area (TPSA) is 82.5 Å². The third-order valence-corrected chi connectivity index (χ3v) is 3.61. The standard InChI is InChI=1S/C17H12N4O3/c1-23-13-9-7-11(8-10-13)14-15-17(22)24-16(19-21(15)20-18-14)12-5-3-2-4-6-12/h2-10H,1H3. The number of ether oxygens (including phenoxy) is 1. The van der Waals surface area contributed by atoms with E-state index >= 15 is 0 Å². The molecule has 2 heterocycles. The SMILES string of the molecule is COc1ccc(-c2nnn3nc(-c4ccccc4)oc(=O)c23)cc1. The average molecular weight is 320 g/mol. The van der Waals surface area contributed by atoms with Crippen molar-refractivity contribution in [3.63, 3.8) is 0 Å². The van der Waals surface area contributed by atoms with Crippen molar-refractivity contribution in [2.45, 2.75) is 0 Å². The van der Waals surface area contributed by atoms with E-state index in [2.05, 4.69) is 15.4 Å². The molecule has 24 heavy (non-hydrogen) atoms. The van der Waals surface area contributed by atoms with Gasteiger partial charge < -0.3 is 9.15 Å². The van der Waals surface area contributed by atoms with Gasteiger partial charge in [0.15, 0.2) is 0 Å². The van der Waals surface area contributed by atoms with E-state index in [0.717, 1.165) is 5.56 Å². The van der Waals surface area contributed by atoms with Gasteiger partial charge in [-0.2, -0.15) is 0 Å². The summed E-state index contributed by atoms with van der Waals surface area (Å²) in [7, 11) is 1.59. The van der Waals surface area contributed by atoms with E-state index in [0.29, 0.717) is 17.0 Å². The second-order valence-corrected chi connectivity index (χ2v) is 5.07. The Balaban J connectivity index is 1.86. The Labute approximate surface area is 136 Å².